The zero-order chi connectivity index (χ0) is 12.1. The first-order valence-corrected chi connectivity index (χ1v) is 7.08. The monoisotopic (exact) mass is 231 g/mol. The number of rotatable bonds is 6. The van der Waals surface area contributed by atoms with Gasteiger partial charge in [0.2, 0.25) is 0 Å². The SMILES string of the molecule is CCCC(CNC)Cc1ccc2c(c1)CCC2. The van der Waals surface area contributed by atoms with Crippen LogP contribution >= 0.6 is 0 Å². The van der Waals surface area contributed by atoms with Gasteiger partial charge in [0.05, 0.1) is 0 Å². The molecule has 2 rings (SSSR count). The maximum atomic E-state index is 3.33. The predicted molar refractivity (Wildman–Crippen MR) is 74.5 cm³/mol. The Bertz CT molecular complexity index is 351. The third kappa shape index (κ3) is 3.32. The van der Waals surface area contributed by atoms with E-state index in [0.717, 1.165) is 12.5 Å². The van der Waals surface area contributed by atoms with E-state index in [4.69, 9.17) is 0 Å². The first-order chi connectivity index (χ1) is 8.33. The smallest absolute Gasteiger partial charge is 0.00203 e. The van der Waals surface area contributed by atoms with Crippen LogP contribution < -0.4 is 5.32 Å². The molecule has 94 valence electrons. The second-order valence-corrected chi connectivity index (χ2v) is 5.37. The van der Waals surface area contributed by atoms with Crippen LogP contribution in [0.1, 0.15) is 42.9 Å². The summed E-state index contributed by atoms with van der Waals surface area (Å²) < 4.78 is 0. The predicted octanol–water partition coefficient (Wildman–Crippen LogP) is 3.35. The van der Waals surface area contributed by atoms with Gasteiger partial charge in [0.15, 0.2) is 0 Å². The van der Waals surface area contributed by atoms with Gasteiger partial charge in [0.1, 0.15) is 0 Å². The standard InChI is InChI=1S/C16H25N/c1-3-5-14(12-17-2)10-13-8-9-15-6-4-7-16(15)11-13/h8-9,11,14,17H,3-7,10,12H2,1-2H3. The molecule has 0 saturated heterocycles. The van der Waals surface area contributed by atoms with Gasteiger partial charge in [0, 0.05) is 0 Å². The molecule has 0 bridgehead atoms. The molecule has 0 radical (unpaired) electrons. The molecule has 0 heterocycles. The van der Waals surface area contributed by atoms with Gasteiger partial charge in [-0.25, -0.2) is 0 Å². The van der Waals surface area contributed by atoms with Crippen LogP contribution in [0, 0.1) is 5.92 Å². The topological polar surface area (TPSA) is 12.0 Å². The van der Waals surface area contributed by atoms with E-state index in [1.165, 1.54) is 38.5 Å². The third-order valence-corrected chi connectivity index (χ3v) is 3.88. The molecule has 0 amide bonds. The van der Waals surface area contributed by atoms with Crippen molar-refractivity contribution >= 4 is 0 Å². The Morgan fingerprint density at radius 2 is 2.06 bits per heavy atom. The van der Waals surface area contributed by atoms with Crippen LogP contribution in [0.15, 0.2) is 18.2 Å². The number of hydrogen-bond donors (Lipinski definition) is 1. The first kappa shape index (κ1) is 12.6. The Morgan fingerprint density at radius 1 is 1.24 bits per heavy atom. The third-order valence-electron chi connectivity index (χ3n) is 3.88. The molecule has 1 N–H and O–H groups in total. The van der Waals surface area contributed by atoms with Gasteiger partial charge in [-0.3, -0.25) is 0 Å². The van der Waals surface area contributed by atoms with Gasteiger partial charge in [0.25, 0.3) is 0 Å². The fourth-order valence-electron chi connectivity index (χ4n) is 3.06. The molecule has 1 aliphatic rings. The highest BCUT2D eigenvalue weighted by Gasteiger charge is 2.13. The van der Waals surface area contributed by atoms with Crippen molar-refractivity contribution in [3.8, 4) is 0 Å². The molecular formula is C16H25N. The summed E-state index contributed by atoms with van der Waals surface area (Å²) in [7, 11) is 2.06. The lowest BCUT2D eigenvalue weighted by Gasteiger charge is -2.16. The summed E-state index contributed by atoms with van der Waals surface area (Å²) >= 11 is 0. The molecule has 0 aromatic heterocycles. The minimum Gasteiger partial charge on any atom is -0.319 e. The Morgan fingerprint density at radius 3 is 2.82 bits per heavy atom. The van der Waals surface area contributed by atoms with Crippen molar-refractivity contribution in [1.29, 1.82) is 0 Å². The van der Waals surface area contributed by atoms with Gasteiger partial charge in [-0.2, -0.15) is 0 Å². The average Bonchev–Trinajstić information content (AvgIpc) is 2.77. The van der Waals surface area contributed by atoms with Gasteiger partial charge < -0.3 is 5.32 Å². The zero-order valence-electron chi connectivity index (χ0n) is 11.3. The highest BCUT2D eigenvalue weighted by molar-refractivity contribution is 5.35. The van der Waals surface area contributed by atoms with Crippen molar-refractivity contribution < 1.29 is 0 Å². The van der Waals surface area contributed by atoms with E-state index in [2.05, 4.69) is 37.5 Å². The normalized spacial score (nSPS) is 15.9. The van der Waals surface area contributed by atoms with Gasteiger partial charge >= 0.3 is 0 Å². The van der Waals surface area contributed by atoms with Crippen LogP contribution in [-0.4, -0.2) is 13.6 Å². The lowest BCUT2D eigenvalue weighted by Crippen LogP contribution is -2.20. The molecule has 1 unspecified atom stereocenters. The van der Waals surface area contributed by atoms with Crippen LogP contribution in [0.3, 0.4) is 0 Å². The molecule has 1 nitrogen and oxygen atoms in total. The van der Waals surface area contributed by atoms with Crippen molar-refractivity contribution in [3.63, 3.8) is 0 Å². The van der Waals surface area contributed by atoms with E-state index in [0.29, 0.717) is 0 Å². The summed E-state index contributed by atoms with van der Waals surface area (Å²) in [5, 5.41) is 3.33. The number of fused-ring (bicyclic) bond motifs is 1. The lowest BCUT2D eigenvalue weighted by molar-refractivity contribution is 0.456. The molecule has 1 aromatic rings. The van der Waals surface area contributed by atoms with Gasteiger partial charge in [-0.1, -0.05) is 31.5 Å². The van der Waals surface area contributed by atoms with Crippen molar-refractivity contribution in [3.05, 3.63) is 34.9 Å². The molecule has 1 atom stereocenters. The van der Waals surface area contributed by atoms with Crippen molar-refractivity contribution in [2.45, 2.75) is 45.4 Å². The molecule has 0 fully saturated rings. The number of nitrogens with one attached hydrogen (secondary N) is 1. The summed E-state index contributed by atoms with van der Waals surface area (Å²) in [6.45, 7) is 3.43. The Labute approximate surface area is 106 Å². The van der Waals surface area contributed by atoms with Crippen LogP contribution in [0.25, 0.3) is 0 Å². The van der Waals surface area contributed by atoms with E-state index in [1.807, 2.05) is 0 Å². The minimum atomic E-state index is 0.796. The van der Waals surface area contributed by atoms with Crippen LogP contribution in [0.2, 0.25) is 0 Å². The first-order valence-electron chi connectivity index (χ1n) is 7.08. The second-order valence-electron chi connectivity index (χ2n) is 5.37. The quantitative estimate of drug-likeness (QED) is 0.791. The number of hydrogen-bond acceptors (Lipinski definition) is 1. The van der Waals surface area contributed by atoms with E-state index in [-0.39, 0.29) is 0 Å². The fraction of sp³-hybridized carbons (Fsp3) is 0.625. The molecular weight excluding hydrogens is 206 g/mol. The largest absolute Gasteiger partial charge is 0.319 e. The maximum Gasteiger partial charge on any atom is -0.00203 e. The van der Waals surface area contributed by atoms with Gasteiger partial charge in [-0.05, 0) is 68.3 Å². The van der Waals surface area contributed by atoms with E-state index >= 15 is 0 Å². The molecule has 1 aromatic carbocycles. The van der Waals surface area contributed by atoms with Crippen LogP contribution in [0.4, 0.5) is 0 Å². The summed E-state index contributed by atoms with van der Waals surface area (Å²) in [5.41, 5.74) is 4.75. The van der Waals surface area contributed by atoms with E-state index in [9.17, 15) is 0 Å². The second kappa shape index (κ2) is 6.20. The number of aryl methyl sites for hydroxylation is 2. The fourth-order valence-corrected chi connectivity index (χ4v) is 3.06. The van der Waals surface area contributed by atoms with Crippen molar-refractivity contribution in [2.75, 3.05) is 13.6 Å². The highest BCUT2D eigenvalue weighted by atomic mass is 14.8. The molecule has 17 heavy (non-hydrogen) atoms. The summed E-state index contributed by atoms with van der Waals surface area (Å²) in [6.07, 6.45) is 7.81. The van der Waals surface area contributed by atoms with Crippen LogP contribution in [0.5, 0.6) is 0 Å². The van der Waals surface area contributed by atoms with E-state index < -0.39 is 0 Å². The van der Waals surface area contributed by atoms with E-state index in [1.54, 1.807) is 16.7 Å². The lowest BCUT2D eigenvalue weighted by atomic mass is 9.93. The maximum absolute atomic E-state index is 3.33. The molecule has 0 spiro atoms. The number of benzene rings is 1. The molecule has 1 aliphatic carbocycles. The molecule has 0 aliphatic heterocycles. The molecule has 0 saturated carbocycles. The summed E-state index contributed by atoms with van der Waals surface area (Å²) in [6, 6.07) is 7.17. The molecule has 1 heteroatoms. The van der Waals surface area contributed by atoms with Crippen LogP contribution in [-0.2, 0) is 19.3 Å². The summed E-state index contributed by atoms with van der Waals surface area (Å²) in [4.78, 5) is 0. The van der Waals surface area contributed by atoms with Gasteiger partial charge in [-0.15, -0.1) is 0 Å². The highest BCUT2D eigenvalue weighted by Crippen LogP contribution is 2.24. The average molecular weight is 231 g/mol. The minimum absolute atomic E-state index is 0.796. The Hall–Kier alpha value is -0.820. The summed E-state index contributed by atoms with van der Waals surface area (Å²) in [5.74, 6) is 0.796. The zero-order valence-corrected chi connectivity index (χ0v) is 11.3. The van der Waals surface area contributed by atoms with Crippen molar-refractivity contribution in [2.24, 2.45) is 5.92 Å². The Kier molecular flexibility index (Phi) is 4.61. The van der Waals surface area contributed by atoms with Crippen molar-refractivity contribution in [1.82, 2.24) is 5.32 Å². The Balaban J connectivity index is 2.01.